The Morgan fingerprint density at radius 3 is 3.05 bits per heavy atom. The largest absolute Gasteiger partial charge is 0.361 e. The quantitative estimate of drug-likeness (QED) is 0.885. The minimum atomic E-state index is 0.160. The standard InChI is InChI=1S/C18H22N2O/c21-18(17-6-3-9-19-17)15-10-12(15)7-8-13-11-20-16-5-2-1-4-14(13)16/h1-2,4-5,11-12,15,17,19-20H,3,6-10H2. The van der Waals surface area contributed by atoms with E-state index in [2.05, 4.69) is 40.8 Å². The molecule has 4 rings (SSSR count). The van der Waals surface area contributed by atoms with Crippen LogP contribution in [0.5, 0.6) is 0 Å². The van der Waals surface area contributed by atoms with Crippen LogP contribution >= 0.6 is 0 Å². The number of aryl methyl sites for hydroxylation is 1. The predicted molar refractivity (Wildman–Crippen MR) is 84.2 cm³/mol. The number of Topliss-reactive ketones (excluding diaryl/α,β-unsaturated/α-hetero) is 1. The van der Waals surface area contributed by atoms with Gasteiger partial charge in [0.25, 0.3) is 0 Å². The van der Waals surface area contributed by atoms with Gasteiger partial charge in [0.15, 0.2) is 5.78 Å². The van der Waals surface area contributed by atoms with E-state index in [0.717, 1.165) is 38.6 Å². The van der Waals surface area contributed by atoms with Crippen molar-refractivity contribution >= 4 is 16.7 Å². The number of rotatable bonds is 5. The van der Waals surface area contributed by atoms with Crippen molar-refractivity contribution in [1.29, 1.82) is 0 Å². The molecular formula is C18H22N2O. The number of hydrogen-bond donors (Lipinski definition) is 2. The fourth-order valence-corrected chi connectivity index (χ4v) is 3.78. The van der Waals surface area contributed by atoms with E-state index in [0.29, 0.717) is 17.6 Å². The number of aromatic nitrogens is 1. The lowest BCUT2D eigenvalue weighted by Gasteiger charge is -2.08. The Labute approximate surface area is 125 Å². The summed E-state index contributed by atoms with van der Waals surface area (Å²) in [5.41, 5.74) is 2.61. The fraction of sp³-hybridized carbons (Fsp3) is 0.500. The lowest BCUT2D eigenvalue weighted by Crippen LogP contribution is -2.32. The molecule has 2 N–H and O–H groups in total. The van der Waals surface area contributed by atoms with Crippen molar-refractivity contribution in [2.75, 3.05) is 6.54 Å². The summed E-state index contributed by atoms with van der Waals surface area (Å²) in [5, 5.41) is 4.67. The summed E-state index contributed by atoms with van der Waals surface area (Å²) in [6, 6.07) is 8.61. The second-order valence-corrected chi connectivity index (χ2v) is 6.55. The zero-order valence-electron chi connectivity index (χ0n) is 12.3. The number of benzene rings is 1. The number of fused-ring (bicyclic) bond motifs is 1. The molecule has 3 nitrogen and oxygen atoms in total. The van der Waals surface area contributed by atoms with Gasteiger partial charge in [-0.15, -0.1) is 0 Å². The van der Waals surface area contributed by atoms with Gasteiger partial charge < -0.3 is 10.3 Å². The molecule has 21 heavy (non-hydrogen) atoms. The second-order valence-electron chi connectivity index (χ2n) is 6.55. The van der Waals surface area contributed by atoms with Crippen molar-refractivity contribution in [2.24, 2.45) is 11.8 Å². The van der Waals surface area contributed by atoms with Crippen molar-refractivity contribution < 1.29 is 4.79 Å². The average Bonchev–Trinajstić information content (AvgIpc) is 2.92. The molecule has 1 aliphatic heterocycles. The van der Waals surface area contributed by atoms with Gasteiger partial charge in [0, 0.05) is 23.0 Å². The molecule has 1 aromatic heterocycles. The van der Waals surface area contributed by atoms with Gasteiger partial charge in [-0.25, -0.2) is 0 Å². The fourth-order valence-electron chi connectivity index (χ4n) is 3.78. The maximum Gasteiger partial charge on any atom is 0.153 e. The molecule has 3 heteroatoms. The highest BCUT2D eigenvalue weighted by molar-refractivity contribution is 5.89. The Hall–Kier alpha value is -1.61. The first-order valence-electron chi connectivity index (χ1n) is 8.15. The number of nitrogens with one attached hydrogen (secondary N) is 2. The van der Waals surface area contributed by atoms with E-state index in [1.807, 2.05) is 0 Å². The molecule has 0 amide bonds. The third-order valence-electron chi connectivity index (χ3n) is 5.15. The summed E-state index contributed by atoms with van der Waals surface area (Å²) >= 11 is 0. The summed E-state index contributed by atoms with van der Waals surface area (Å²) in [5.74, 6) is 1.44. The first kappa shape index (κ1) is 13.1. The normalized spacial score (nSPS) is 28.1. The maximum atomic E-state index is 12.3. The first-order valence-corrected chi connectivity index (χ1v) is 8.15. The molecule has 0 bridgehead atoms. The van der Waals surface area contributed by atoms with Crippen LogP contribution in [0, 0.1) is 11.8 Å². The van der Waals surface area contributed by atoms with Crippen molar-refractivity contribution in [3.05, 3.63) is 36.0 Å². The Morgan fingerprint density at radius 2 is 2.19 bits per heavy atom. The van der Waals surface area contributed by atoms with Crippen LogP contribution in [0.4, 0.5) is 0 Å². The van der Waals surface area contributed by atoms with Gasteiger partial charge in [-0.2, -0.15) is 0 Å². The molecule has 3 atom stereocenters. The van der Waals surface area contributed by atoms with E-state index < -0.39 is 0 Å². The van der Waals surface area contributed by atoms with E-state index in [-0.39, 0.29) is 6.04 Å². The molecule has 1 saturated heterocycles. The Morgan fingerprint density at radius 1 is 1.29 bits per heavy atom. The van der Waals surface area contributed by atoms with Crippen LogP contribution in [0.3, 0.4) is 0 Å². The lowest BCUT2D eigenvalue weighted by atomic mass is 10.0. The topological polar surface area (TPSA) is 44.9 Å². The zero-order chi connectivity index (χ0) is 14.2. The average molecular weight is 282 g/mol. The SMILES string of the molecule is O=C(C1CCCN1)C1CC1CCc1c[nH]c2ccccc12. The molecule has 2 fully saturated rings. The number of hydrogen-bond acceptors (Lipinski definition) is 2. The van der Waals surface area contributed by atoms with Gasteiger partial charge in [-0.05, 0) is 56.2 Å². The summed E-state index contributed by atoms with van der Waals surface area (Å²) in [4.78, 5) is 15.7. The number of carbonyl (C=O) groups is 1. The lowest BCUT2D eigenvalue weighted by molar-refractivity contribution is -0.122. The molecule has 1 aliphatic carbocycles. The van der Waals surface area contributed by atoms with E-state index >= 15 is 0 Å². The van der Waals surface area contributed by atoms with Gasteiger partial charge in [-0.1, -0.05) is 18.2 Å². The second kappa shape index (κ2) is 5.30. The minimum absolute atomic E-state index is 0.160. The van der Waals surface area contributed by atoms with Crippen molar-refractivity contribution in [1.82, 2.24) is 10.3 Å². The van der Waals surface area contributed by atoms with Crippen LogP contribution in [0.1, 0.15) is 31.2 Å². The molecule has 1 aromatic carbocycles. The number of H-pyrrole nitrogens is 1. The Bertz CT molecular complexity index is 654. The van der Waals surface area contributed by atoms with Gasteiger partial charge >= 0.3 is 0 Å². The Kier molecular flexibility index (Phi) is 3.30. The van der Waals surface area contributed by atoms with E-state index in [9.17, 15) is 4.79 Å². The molecule has 0 spiro atoms. The minimum Gasteiger partial charge on any atom is -0.361 e. The van der Waals surface area contributed by atoms with Gasteiger partial charge in [0.05, 0.1) is 6.04 Å². The number of aromatic amines is 1. The maximum absolute atomic E-state index is 12.3. The highest BCUT2D eigenvalue weighted by Gasteiger charge is 2.44. The third-order valence-corrected chi connectivity index (χ3v) is 5.15. The van der Waals surface area contributed by atoms with Gasteiger partial charge in [0.1, 0.15) is 0 Å². The van der Waals surface area contributed by atoms with Crippen molar-refractivity contribution in [2.45, 2.75) is 38.1 Å². The van der Waals surface area contributed by atoms with Gasteiger partial charge in [0.2, 0.25) is 0 Å². The summed E-state index contributed by atoms with van der Waals surface area (Å²) < 4.78 is 0. The molecule has 0 radical (unpaired) electrons. The molecule has 2 aromatic rings. The number of carbonyl (C=O) groups excluding carboxylic acids is 1. The van der Waals surface area contributed by atoms with Crippen LogP contribution in [0.2, 0.25) is 0 Å². The molecule has 2 aliphatic rings. The number of ketones is 1. The first-order chi connectivity index (χ1) is 10.3. The molecule has 110 valence electrons. The highest BCUT2D eigenvalue weighted by atomic mass is 16.1. The van der Waals surface area contributed by atoms with Crippen LogP contribution in [0.15, 0.2) is 30.5 Å². The van der Waals surface area contributed by atoms with Gasteiger partial charge in [-0.3, -0.25) is 4.79 Å². The van der Waals surface area contributed by atoms with E-state index in [4.69, 9.17) is 0 Å². The summed E-state index contributed by atoms with van der Waals surface area (Å²) in [6.45, 7) is 1.02. The summed E-state index contributed by atoms with van der Waals surface area (Å²) in [6.07, 6.45) is 7.66. The van der Waals surface area contributed by atoms with Crippen LogP contribution < -0.4 is 5.32 Å². The highest BCUT2D eigenvalue weighted by Crippen LogP contribution is 2.44. The molecular weight excluding hydrogens is 260 g/mol. The predicted octanol–water partition coefficient (Wildman–Crippen LogP) is 3.06. The Balaban J connectivity index is 1.35. The molecule has 2 heterocycles. The molecule has 3 unspecified atom stereocenters. The smallest absolute Gasteiger partial charge is 0.153 e. The van der Waals surface area contributed by atoms with Crippen LogP contribution in [-0.4, -0.2) is 23.4 Å². The summed E-state index contributed by atoms with van der Waals surface area (Å²) in [7, 11) is 0. The zero-order valence-corrected chi connectivity index (χ0v) is 12.3. The van der Waals surface area contributed by atoms with E-state index in [1.54, 1.807) is 0 Å². The number of para-hydroxylation sites is 1. The van der Waals surface area contributed by atoms with E-state index in [1.165, 1.54) is 16.5 Å². The third kappa shape index (κ3) is 2.51. The van der Waals surface area contributed by atoms with Crippen molar-refractivity contribution in [3.8, 4) is 0 Å². The van der Waals surface area contributed by atoms with Crippen molar-refractivity contribution in [3.63, 3.8) is 0 Å². The van der Waals surface area contributed by atoms with Crippen LogP contribution in [0.25, 0.3) is 10.9 Å². The van der Waals surface area contributed by atoms with Crippen LogP contribution in [-0.2, 0) is 11.2 Å². The molecule has 1 saturated carbocycles. The monoisotopic (exact) mass is 282 g/mol.